The first-order valence-corrected chi connectivity index (χ1v) is 13.2. The summed E-state index contributed by atoms with van der Waals surface area (Å²) in [4.78, 5) is 42.1. The Morgan fingerprint density at radius 1 is 1.38 bits per heavy atom. The van der Waals surface area contributed by atoms with Crippen LogP contribution in [0.2, 0.25) is 0 Å². The Kier molecular flexibility index (Phi) is 7.79. The Morgan fingerprint density at radius 2 is 2.19 bits per heavy atom. The molecule has 3 atom stereocenters. The van der Waals surface area contributed by atoms with Gasteiger partial charge in [0.2, 0.25) is 5.79 Å². The van der Waals surface area contributed by atoms with Gasteiger partial charge in [-0.05, 0) is 51.4 Å². The topological polar surface area (TPSA) is 141 Å². The van der Waals surface area contributed by atoms with E-state index in [1.165, 1.54) is 18.4 Å². The predicted molar refractivity (Wildman–Crippen MR) is 145 cm³/mol. The van der Waals surface area contributed by atoms with Gasteiger partial charge in [-0.15, -0.1) is 11.3 Å². The van der Waals surface area contributed by atoms with Crippen molar-refractivity contribution in [1.29, 1.82) is 0 Å². The molecule has 0 saturated carbocycles. The summed E-state index contributed by atoms with van der Waals surface area (Å²) in [6.45, 7) is 6.87. The first-order valence-electron chi connectivity index (χ1n) is 12.3. The number of piperidine rings is 1. The van der Waals surface area contributed by atoms with E-state index in [0.717, 1.165) is 15.8 Å². The molecule has 37 heavy (non-hydrogen) atoms. The number of carbonyl (C=O) groups excluding carboxylic acids is 1. The molecule has 1 fully saturated rings. The Balaban J connectivity index is 1.95. The van der Waals surface area contributed by atoms with Crippen LogP contribution in [0.5, 0.6) is 0 Å². The van der Waals surface area contributed by atoms with Crippen LogP contribution in [0.1, 0.15) is 39.2 Å². The summed E-state index contributed by atoms with van der Waals surface area (Å²) in [5.74, 6) is -2.94. The second-order valence-corrected chi connectivity index (χ2v) is 9.93. The highest BCUT2D eigenvalue weighted by Crippen LogP contribution is 2.47. The minimum Gasteiger partial charge on any atom is -0.481 e. The zero-order chi connectivity index (χ0) is 26.6. The molecule has 0 radical (unpaired) electrons. The van der Waals surface area contributed by atoms with Crippen molar-refractivity contribution >= 4 is 51.2 Å². The highest BCUT2D eigenvalue weighted by Gasteiger charge is 2.59. The normalized spacial score (nSPS) is 25.8. The average Bonchev–Trinajstić information content (AvgIpc) is 3.37. The van der Waals surface area contributed by atoms with Crippen LogP contribution in [0.15, 0.2) is 40.1 Å². The monoisotopic (exact) mass is 527 g/mol. The lowest BCUT2D eigenvalue weighted by atomic mass is 9.65. The second kappa shape index (κ2) is 10.9. The quantitative estimate of drug-likeness (QED) is 0.305. The molecular formula is C25H33N7O4S. The molecule has 2 amide bonds. The van der Waals surface area contributed by atoms with Crippen molar-refractivity contribution in [2.24, 2.45) is 21.5 Å². The molecule has 0 bridgehead atoms. The van der Waals surface area contributed by atoms with Crippen LogP contribution in [0.3, 0.4) is 0 Å². The van der Waals surface area contributed by atoms with Gasteiger partial charge in [0, 0.05) is 36.8 Å². The number of amides is 2. The summed E-state index contributed by atoms with van der Waals surface area (Å²) in [6.07, 6.45) is 5.99. The molecule has 2 aromatic rings. The third-order valence-electron chi connectivity index (χ3n) is 7.21. The van der Waals surface area contributed by atoms with Crippen molar-refractivity contribution in [3.05, 3.63) is 35.5 Å². The Bertz CT molecular complexity index is 1260. The summed E-state index contributed by atoms with van der Waals surface area (Å²) >= 11 is 1.49. The van der Waals surface area contributed by atoms with Crippen molar-refractivity contribution in [2.45, 2.75) is 39.4 Å². The number of rotatable bonds is 8. The maximum atomic E-state index is 13.1. The number of urea groups is 1. The van der Waals surface area contributed by atoms with Crippen molar-refractivity contribution in [3.63, 3.8) is 0 Å². The van der Waals surface area contributed by atoms with Crippen LogP contribution in [0, 0.1) is 11.3 Å². The number of hydrogen-bond acceptors (Lipinski definition) is 9. The van der Waals surface area contributed by atoms with Crippen LogP contribution in [-0.4, -0.2) is 66.5 Å². The number of anilines is 1. The number of aliphatic imine (C=N–C) groups is 1. The number of fused-ring (bicyclic) bond motifs is 1. The van der Waals surface area contributed by atoms with E-state index in [1.807, 2.05) is 44.0 Å². The van der Waals surface area contributed by atoms with Crippen LogP contribution in [0.25, 0.3) is 10.2 Å². The minimum absolute atomic E-state index is 0.351. The summed E-state index contributed by atoms with van der Waals surface area (Å²) in [7, 11) is 1.49. The smallest absolute Gasteiger partial charge is 0.318 e. The van der Waals surface area contributed by atoms with E-state index in [2.05, 4.69) is 26.1 Å². The molecule has 11 nitrogen and oxygen atoms in total. The van der Waals surface area contributed by atoms with Gasteiger partial charge in [-0.1, -0.05) is 12.1 Å². The number of nitrogens with zero attached hydrogens (tertiary/aromatic N) is 4. The number of carboxylic acid groups (broad SMARTS) is 1. The lowest BCUT2D eigenvalue weighted by molar-refractivity contribution is -0.158. The first-order chi connectivity index (χ1) is 17.8. The van der Waals surface area contributed by atoms with E-state index in [1.54, 1.807) is 17.8 Å². The van der Waals surface area contributed by atoms with Gasteiger partial charge in [-0.3, -0.25) is 10.1 Å². The molecule has 3 heterocycles. The van der Waals surface area contributed by atoms with Crippen LogP contribution >= 0.6 is 11.3 Å². The number of thiazole rings is 1. The van der Waals surface area contributed by atoms with Gasteiger partial charge in [0.05, 0.1) is 32.8 Å². The molecule has 0 spiro atoms. The number of carboxylic acids is 1. The van der Waals surface area contributed by atoms with Crippen molar-refractivity contribution in [2.75, 3.05) is 31.6 Å². The van der Waals surface area contributed by atoms with E-state index < -0.39 is 29.1 Å². The highest BCUT2D eigenvalue weighted by molar-refractivity contribution is 7.17. The highest BCUT2D eigenvalue weighted by atomic mass is 32.1. The van der Waals surface area contributed by atoms with E-state index in [0.29, 0.717) is 43.9 Å². The summed E-state index contributed by atoms with van der Waals surface area (Å²) in [5.41, 5.74) is 3.57. The van der Waals surface area contributed by atoms with Gasteiger partial charge >= 0.3 is 12.0 Å². The maximum absolute atomic E-state index is 13.1. The van der Waals surface area contributed by atoms with Crippen molar-refractivity contribution in [3.8, 4) is 0 Å². The Hall–Kier alpha value is -3.51. The fourth-order valence-electron chi connectivity index (χ4n) is 5.38. The van der Waals surface area contributed by atoms with Gasteiger partial charge in [0.1, 0.15) is 7.11 Å². The van der Waals surface area contributed by atoms with Crippen molar-refractivity contribution in [1.82, 2.24) is 20.9 Å². The summed E-state index contributed by atoms with van der Waals surface area (Å²) in [6, 6.07) is 3.43. The Morgan fingerprint density at radius 3 is 2.89 bits per heavy atom. The fraction of sp³-hybridized carbons (Fsp3) is 0.480. The number of aliphatic carboxylic acids is 1. The summed E-state index contributed by atoms with van der Waals surface area (Å²) in [5, 5.41) is 23.8. The number of oxime groups is 1. The number of hydrogen-bond donors (Lipinski definition) is 4. The molecule has 1 aromatic heterocycles. The molecule has 12 heteroatoms. The van der Waals surface area contributed by atoms with Gasteiger partial charge in [0.15, 0.2) is 0 Å². The summed E-state index contributed by atoms with van der Waals surface area (Å²) < 4.78 is 0.946. The van der Waals surface area contributed by atoms with Gasteiger partial charge in [-0.2, -0.15) is 0 Å². The molecule has 2 aliphatic heterocycles. The molecule has 0 aliphatic carbocycles. The molecule has 3 unspecified atom stereocenters. The van der Waals surface area contributed by atoms with Gasteiger partial charge < -0.3 is 25.5 Å². The van der Waals surface area contributed by atoms with E-state index in [-0.39, 0.29) is 0 Å². The number of nitrogens with one attached hydrogen (secondary N) is 3. The standard InChI is InChI=1S/C25H33N7O4S/c1-5-24(22(33)34)8-10-26-14-20(24)25(30-23(35)27-6-2)29-9-7-11-32(25)17-12-18(16(3)31-36-4)21-19(13-17)28-15-37-21/h7,9,11-13,15,20,26H,5-6,8,10,14H2,1-4H3,(H,33,34)(H2,27,30,35)/b31-16+. The lowest BCUT2D eigenvalue weighted by Gasteiger charge is -2.53. The molecule has 2 aliphatic rings. The third kappa shape index (κ3) is 4.66. The van der Waals surface area contributed by atoms with Gasteiger partial charge in [-0.25, -0.2) is 14.8 Å². The number of benzene rings is 1. The molecule has 1 saturated heterocycles. The van der Waals surface area contributed by atoms with Gasteiger partial charge in [0.25, 0.3) is 0 Å². The lowest BCUT2D eigenvalue weighted by Crippen LogP contribution is -2.71. The number of allylic oxidation sites excluding steroid dienone is 1. The molecule has 4 N–H and O–H groups in total. The maximum Gasteiger partial charge on any atom is 0.318 e. The van der Waals surface area contributed by atoms with Crippen molar-refractivity contribution < 1.29 is 19.5 Å². The zero-order valence-electron chi connectivity index (χ0n) is 21.4. The zero-order valence-corrected chi connectivity index (χ0v) is 22.3. The SMILES string of the molecule is CCNC(=O)NC1(C2CNCCC2(CC)C(=O)O)N=CC=CN1c1cc(/C(C)=N/OC)c2scnc2c1. The van der Waals surface area contributed by atoms with Crippen LogP contribution in [-0.2, 0) is 9.63 Å². The average molecular weight is 528 g/mol. The molecular weight excluding hydrogens is 494 g/mol. The second-order valence-electron chi connectivity index (χ2n) is 9.08. The minimum atomic E-state index is -1.43. The first kappa shape index (κ1) is 26.6. The predicted octanol–water partition coefficient (Wildman–Crippen LogP) is 3.13. The number of carbonyl (C=O) groups is 2. The van der Waals surface area contributed by atoms with Crippen LogP contribution < -0.4 is 20.9 Å². The van der Waals surface area contributed by atoms with E-state index >= 15 is 0 Å². The number of aromatic nitrogens is 1. The Labute approximate surface area is 219 Å². The van der Waals surface area contributed by atoms with Crippen LogP contribution in [0.4, 0.5) is 10.5 Å². The molecule has 1 aromatic carbocycles. The van der Waals surface area contributed by atoms with E-state index in [4.69, 9.17) is 9.83 Å². The molecule has 4 rings (SSSR count). The third-order valence-corrected chi connectivity index (χ3v) is 8.09. The fourth-order valence-corrected chi connectivity index (χ4v) is 6.22. The largest absolute Gasteiger partial charge is 0.481 e. The van der Waals surface area contributed by atoms with E-state index in [9.17, 15) is 14.7 Å². The molecule has 198 valence electrons.